The SMILES string of the molecule is Cc1ccc2c(=O)c3cc4c(cc3n(C)c2c1)c(=O)c1ccccc1n4S(=O)(=O)O. The highest BCUT2D eigenvalue weighted by Crippen LogP contribution is 2.26. The summed E-state index contributed by atoms with van der Waals surface area (Å²) in [5, 5.41) is 0.995. The van der Waals surface area contributed by atoms with Crippen LogP contribution in [0.3, 0.4) is 0 Å². The van der Waals surface area contributed by atoms with Crippen molar-refractivity contribution in [3.05, 3.63) is 80.6 Å². The first-order chi connectivity index (χ1) is 14.2. The van der Waals surface area contributed by atoms with Crippen LogP contribution in [0.15, 0.2) is 64.2 Å². The second-order valence-corrected chi connectivity index (χ2v) is 8.64. The van der Waals surface area contributed by atoms with Crippen LogP contribution in [0.2, 0.25) is 0 Å². The van der Waals surface area contributed by atoms with E-state index in [0.717, 1.165) is 5.56 Å². The standard InChI is InChI=1S/C22H16N2O5S/c1-12-7-8-14-18(9-12)23(2)19-10-16-20(11-15(19)22(14)26)24(30(27,28)29)17-6-4-3-5-13(17)21(16)25/h3-11H,1-2H3,(H,27,28,29). The van der Waals surface area contributed by atoms with Crippen LogP contribution in [0, 0.1) is 6.92 Å². The first-order valence-corrected chi connectivity index (χ1v) is 10.6. The molecule has 0 saturated carbocycles. The Balaban J connectivity index is 2.15. The van der Waals surface area contributed by atoms with Gasteiger partial charge in [0.1, 0.15) is 0 Å². The lowest BCUT2D eigenvalue weighted by Gasteiger charge is -2.15. The molecule has 7 nitrogen and oxygen atoms in total. The van der Waals surface area contributed by atoms with Gasteiger partial charge in [-0.2, -0.15) is 8.42 Å². The van der Waals surface area contributed by atoms with Crippen molar-refractivity contribution < 1.29 is 13.0 Å². The highest BCUT2D eigenvalue weighted by atomic mass is 32.2. The molecule has 150 valence electrons. The predicted octanol–water partition coefficient (Wildman–Crippen LogP) is 3.12. The van der Waals surface area contributed by atoms with E-state index in [1.807, 2.05) is 23.6 Å². The predicted molar refractivity (Wildman–Crippen MR) is 118 cm³/mol. The van der Waals surface area contributed by atoms with Gasteiger partial charge in [-0.25, -0.2) is 3.97 Å². The average Bonchev–Trinajstić information content (AvgIpc) is 2.70. The van der Waals surface area contributed by atoms with Gasteiger partial charge in [0.2, 0.25) is 0 Å². The van der Waals surface area contributed by atoms with Gasteiger partial charge in [0.05, 0.1) is 22.1 Å². The molecule has 0 aliphatic carbocycles. The van der Waals surface area contributed by atoms with E-state index in [4.69, 9.17) is 0 Å². The van der Waals surface area contributed by atoms with Crippen LogP contribution in [0.5, 0.6) is 0 Å². The van der Waals surface area contributed by atoms with E-state index >= 15 is 0 Å². The smallest absolute Gasteiger partial charge is 0.343 e. The largest absolute Gasteiger partial charge is 0.364 e. The zero-order valence-electron chi connectivity index (χ0n) is 16.1. The van der Waals surface area contributed by atoms with Crippen molar-refractivity contribution in [2.45, 2.75) is 6.92 Å². The highest BCUT2D eigenvalue weighted by Gasteiger charge is 2.20. The third kappa shape index (κ3) is 2.44. The third-order valence-corrected chi connectivity index (χ3v) is 6.40. The van der Waals surface area contributed by atoms with E-state index in [2.05, 4.69) is 0 Å². The molecule has 3 aromatic carbocycles. The van der Waals surface area contributed by atoms with Crippen molar-refractivity contribution in [1.29, 1.82) is 0 Å². The molecule has 0 bridgehead atoms. The summed E-state index contributed by atoms with van der Waals surface area (Å²) in [5.74, 6) is 0. The summed E-state index contributed by atoms with van der Waals surface area (Å²) >= 11 is 0. The molecule has 0 aliphatic rings. The molecule has 1 N–H and O–H groups in total. The zero-order chi connectivity index (χ0) is 21.4. The minimum absolute atomic E-state index is 0.0442. The summed E-state index contributed by atoms with van der Waals surface area (Å²) in [7, 11) is -2.95. The molecule has 2 aromatic heterocycles. The number of para-hydroxylation sites is 1. The Kier molecular flexibility index (Phi) is 3.71. The average molecular weight is 420 g/mol. The maximum absolute atomic E-state index is 13.2. The van der Waals surface area contributed by atoms with Crippen molar-refractivity contribution in [2.24, 2.45) is 7.05 Å². The first-order valence-electron chi connectivity index (χ1n) is 9.17. The minimum Gasteiger partial charge on any atom is -0.343 e. The van der Waals surface area contributed by atoms with Crippen molar-refractivity contribution in [3.63, 3.8) is 0 Å². The summed E-state index contributed by atoms with van der Waals surface area (Å²) in [5.41, 5.74) is 1.55. The Morgan fingerprint density at radius 3 is 2.00 bits per heavy atom. The number of nitrogens with zero attached hydrogens (tertiary/aromatic N) is 2. The summed E-state index contributed by atoms with van der Waals surface area (Å²) in [6.45, 7) is 1.92. The number of aryl methyl sites for hydroxylation is 2. The van der Waals surface area contributed by atoms with Gasteiger partial charge >= 0.3 is 10.3 Å². The fraction of sp³-hybridized carbons (Fsp3) is 0.0909. The fourth-order valence-electron chi connectivity index (χ4n) is 4.14. The minimum atomic E-state index is -4.74. The van der Waals surface area contributed by atoms with Crippen LogP contribution in [-0.4, -0.2) is 21.5 Å². The molecular formula is C22H16N2O5S. The number of fused-ring (bicyclic) bond motifs is 4. The molecule has 5 aromatic rings. The lowest BCUT2D eigenvalue weighted by atomic mass is 10.0. The normalized spacial score (nSPS) is 12.4. The van der Waals surface area contributed by atoms with Crippen LogP contribution in [0.4, 0.5) is 0 Å². The van der Waals surface area contributed by atoms with Crippen LogP contribution >= 0.6 is 0 Å². The quantitative estimate of drug-likeness (QED) is 0.332. The Morgan fingerprint density at radius 1 is 0.733 bits per heavy atom. The lowest BCUT2D eigenvalue weighted by molar-refractivity contribution is 0.476. The number of rotatable bonds is 1. The molecule has 8 heteroatoms. The molecule has 0 spiro atoms. The van der Waals surface area contributed by atoms with Gasteiger partial charge in [0.25, 0.3) is 0 Å². The number of benzene rings is 3. The lowest BCUT2D eigenvalue weighted by Crippen LogP contribution is -2.19. The van der Waals surface area contributed by atoms with E-state index < -0.39 is 10.3 Å². The van der Waals surface area contributed by atoms with Gasteiger partial charge in [0.15, 0.2) is 10.9 Å². The molecule has 0 amide bonds. The van der Waals surface area contributed by atoms with Gasteiger partial charge in [-0.15, -0.1) is 0 Å². The molecule has 0 fully saturated rings. The Hall–Kier alpha value is -3.49. The molecular weight excluding hydrogens is 404 g/mol. The van der Waals surface area contributed by atoms with E-state index in [-0.39, 0.29) is 38.0 Å². The monoisotopic (exact) mass is 420 g/mol. The van der Waals surface area contributed by atoms with Crippen molar-refractivity contribution in [2.75, 3.05) is 0 Å². The van der Waals surface area contributed by atoms with Crippen LogP contribution in [-0.2, 0) is 17.4 Å². The molecule has 0 atom stereocenters. The van der Waals surface area contributed by atoms with E-state index in [1.54, 1.807) is 25.2 Å². The number of pyridine rings is 2. The van der Waals surface area contributed by atoms with Crippen molar-refractivity contribution >= 4 is 53.9 Å². The van der Waals surface area contributed by atoms with Crippen molar-refractivity contribution in [1.82, 2.24) is 8.54 Å². The highest BCUT2D eigenvalue weighted by molar-refractivity contribution is 7.84. The van der Waals surface area contributed by atoms with Gasteiger partial charge in [-0.3, -0.25) is 14.1 Å². The fourth-order valence-corrected chi connectivity index (χ4v) is 4.95. The Morgan fingerprint density at radius 2 is 1.30 bits per heavy atom. The molecule has 0 saturated heterocycles. The summed E-state index contributed by atoms with van der Waals surface area (Å²) in [4.78, 5) is 26.3. The number of aromatic nitrogens is 2. The molecule has 0 radical (unpaired) electrons. The van der Waals surface area contributed by atoms with E-state index in [9.17, 15) is 22.6 Å². The third-order valence-electron chi connectivity index (χ3n) is 5.54. The molecule has 0 unspecified atom stereocenters. The molecule has 30 heavy (non-hydrogen) atoms. The Labute approximate surface area is 170 Å². The topological polar surface area (TPSA) is 98.4 Å². The van der Waals surface area contributed by atoms with Crippen LogP contribution in [0.25, 0.3) is 43.6 Å². The molecule has 0 aliphatic heterocycles. The second-order valence-electron chi connectivity index (χ2n) is 7.38. The zero-order valence-corrected chi connectivity index (χ0v) is 16.9. The number of hydrogen-bond acceptors (Lipinski definition) is 4. The second kappa shape index (κ2) is 6.01. The maximum atomic E-state index is 13.2. The van der Waals surface area contributed by atoms with Gasteiger partial charge < -0.3 is 4.57 Å². The number of hydrogen-bond donors (Lipinski definition) is 1. The van der Waals surface area contributed by atoms with Crippen LogP contribution < -0.4 is 10.9 Å². The summed E-state index contributed by atoms with van der Waals surface area (Å²) < 4.78 is 36.9. The summed E-state index contributed by atoms with van der Waals surface area (Å²) in [6, 6.07) is 14.5. The van der Waals surface area contributed by atoms with Crippen LogP contribution in [0.1, 0.15) is 5.56 Å². The molecule has 5 rings (SSSR count). The first kappa shape index (κ1) is 18.5. The van der Waals surface area contributed by atoms with E-state index in [1.165, 1.54) is 24.3 Å². The maximum Gasteiger partial charge on any atom is 0.364 e. The van der Waals surface area contributed by atoms with Gasteiger partial charge in [-0.1, -0.05) is 18.2 Å². The van der Waals surface area contributed by atoms with E-state index in [0.29, 0.717) is 20.4 Å². The van der Waals surface area contributed by atoms with Crippen molar-refractivity contribution in [3.8, 4) is 0 Å². The molecule has 2 heterocycles. The summed E-state index contributed by atoms with van der Waals surface area (Å²) in [6.07, 6.45) is 0. The van der Waals surface area contributed by atoms with Gasteiger partial charge in [0, 0.05) is 28.6 Å². The Bertz CT molecular complexity index is 1780. The van der Waals surface area contributed by atoms with Gasteiger partial charge in [-0.05, 0) is 48.9 Å².